The Kier molecular flexibility index (Phi) is 3.27. The maximum atomic E-state index is 12.7. The highest BCUT2D eigenvalue weighted by Crippen LogP contribution is 2.13. The molecule has 0 spiro atoms. The average Bonchev–Trinajstić information content (AvgIpc) is 2.38. The van der Waals surface area contributed by atoms with Gasteiger partial charge in [-0.1, -0.05) is 18.2 Å². The Morgan fingerprint density at radius 1 is 1.06 bits per heavy atom. The number of halogens is 1. The van der Waals surface area contributed by atoms with Crippen molar-refractivity contribution >= 4 is 11.9 Å². The monoisotopic (exact) mass is 224 g/mol. The van der Waals surface area contributed by atoms with Gasteiger partial charge in [-0.3, -0.25) is 4.99 Å². The lowest BCUT2D eigenvalue weighted by Gasteiger charge is -1.96. The summed E-state index contributed by atoms with van der Waals surface area (Å²) >= 11 is 0. The largest absolute Gasteiger partial charge is 0.256 e. The summed E-state index contributed by atoms with van der Waals surface area (Å²) in [6.07, 6.45) is 1.60. The van der Waals surface area contributed by atoms with Gasteiger partial charge in [-0.05, 0) is 30.3 Å². The van der Waals surface area contributed by atoms with E-state index in [-0.39, 0.29) is 5.82 Å². The highest BCUT2D eigenvalue weighted by molar-refractivity contribution is 5.85. The minimum absolute atomic E-state index is 0.290. The summed E-state index contributed by atoms with van der Waals surface area (Å²) in [5, 5.41) is 8.89. The topological polar surface area (TPSA) is 36.1 Å². The highest BCUT2D eigenvalue weighted by Gasteiger charge is 1.96. The Morgan fingerprint density at radius 3 is 2.47 bits per heavy atom. The highest BCUT2D eigenvalue weighted by atomic mass is 19.1. The second kappa shape index (κ2) is 5.04. The van der Waals surface area contributed by atoms with Crippen LogP contribution in [0.25, 0.3) is 0 Å². The lowest BCUT2D eigenvalue weighted by molar-refractivity contribution is 0.628. The van der Waals surface area contributed by atoms with Crippen molar-refractivity contribution in [2.45, 2.75) is 0 Å². The van der Waals surface area contributed by atoms with Crippen molar-refractivity contribution in [1.82, 2.24) is 0 Å². The number of rotatable bonds is 2. The molecule has 0 aromatic heterocycles. The van der Waals surface area contributed by atoms with Crippen LogP contribution in [0.1, 0.15) is 11.1 Å². The fraction of sp³-hybridized carbons (Fsp3) is 0. The van der Waals surface area contributed by atoms with E-state index in [0.717, 1.165) is 5.56 Å². The van der Waals surface area contributed by atoms with Crippen LogP contribution in [-0.4, -0.2) is 6.21 Å². The summed E-state index contributed by atoms with van der Waals surface area (Å²) in [5.74, 6) is -0.290. The third-order valence-corrected chi connectivity index (χ3v) is 2.26. The van der Waals surface area contributed by atoms with E-state index >= 15 is 0 Å². The summed E-state index contributed by atoms with van der Waals surface area (Å²) in [5.41, 5.74) is 1.97. The van der Waals surface area contributed by atoms with E-state index in [1.54, 1.807) is 30.5 Å². The summed E-state index contributed by atoms with van der Waals surface area (Å²) in [7, 11) is 0. The normalized spacial score (nSPS) is 10.4. The number of nitrogens with zero attached hydrogens (tertiary/aromatic N) is 2. The third-order valence-electron chi connectivity index (χ3n) is 2.26. The Balaban J connectivity index is 2.26. The first kappa shape index (κ1) is 11.0. The van der Waals surface area contributed by atoms with Gasteiger partial charge in [0.05, 0.1) is 17.3 Å². The quantitative estimate of drug-likeness (QED) is 0.719. The zero-order valence-electron chi connectivity index (χ0n) is 8.97. The van der Waals surface area contributed by atoms with Crippen molar-refractivity contribution in [1.29, 1.82) is 5.26 Å². The van der Waals surface area contributed by atoms with Crippen molar-refractivity contribution in [3.63, 3.8) is 0 Å². The molecule has 0 radical (unpaired) electrons. The van der Waals surface area contributed by atoms with Crippen LogP contribution >= 0.6 is 0 Å². The maximum absolute atomic E-state index is 12.7. The van der Waals surface area contributed by atoms with Crippen LogP contribution in [0.2, 0.25) is 0 Å². The summed E-state index contributed by atoms with van der Waals surface area (Å²) in [6.45, 7) is 0. The second-order valence-corrected chi connectivity index (χ2v) is 3.43. The maximum Gasteiger partial charge on any atom is 0.123 e. The third kappa shape index (κ3) is 2.76. The molecule has 17 heavy (non-hydrogen) atoms. The Labute approximate surface area is 98.7 Å². The standard InChI is InChI=1S/C14H9FN2/c15-13-5-7-14(8-6-13)17-10-12-4-2-1-3-11(12)9-16/h1-8,10H. The van der Waals surface area contributed by atoms with Crippen molar-refractivity contribution < 1.29 is 4.39 Å². The molecule has 2 nitrogen and oxygen atoms in total. The lowest BCUT2D eigenvalue weighted by Crippen LogP contribution is -1.86. The number of benzene rings is 2. The van der Waals surface area contributed by atoms with Gasteiger partial charge in [-0.2, -0.15) is 5.26 Å². The molecule has 3 heteroatoms. The first-order valence-electron chi connectivity index (χ1n) is 5.08. The van der Waals surface area contributed by atoms with E-state index in [4.69, 9.17) is 5.26 Å². The van der Waals surface area contributed by atoms with E-state index < -0.39 is 0 Å². The van der Waals surface area contributed by atoms with E-state index in [9.17, 15) is 4.39 Å². The molecule has 0 aliphatic rings. The van der Waals surface area contributed by atoms with Crippen molar-refractivity contribution in [3.05, 3.63) is 65.5 Å². The molecular formula is C14H9FN2. The van der Waals surface area contributed by atoms with E-state index in [0.29, 0.717) is 11.3 Å². The molecule has 0 fully saturated rings. The van der Waals surface area contributed by atoms with E-state index in [1.165, 1.54) is 12.1 Å². The van der Waals surface area contributed by atoms with Crippen LogP contribution < -0.4 is 0 Å². The molecule has 0 saturated carbocycles. The SMILES string of the molecule is N#Cc1ccccc1C=Nc1ccc(F)cc1. The zero-order chi connectivity index (χ0) is 12.1. The van der Waals surface area contributed by atoms with Crippen LogP contribution in [0.4, 0.5) is 10.1 Å². The van der Waals surface area contributed by atoms with Gasteiger partial charge in [0.15, 0.2) is 0 Å². The predicted molar refractivity (Wildman–Crippen MR) is 64.8 cm³/mol. The Morgan fingerprint density at radius 2 is 1.76 bits per heavy atom. The minimum Gasteiger partial charge on any atom is -0.256 e. The minimum atomic E-state index is -0.290. The molecule has 0 atom stereocenters. The van der Waals surface area contributed by atoms with Crippen LogP contribution in [0.3, 0.4) is 0 Å². The molecule has 0 bridgehead atoms. The molecule has 0 aliphatic carbocycles. The number of hydrogen-bond donors (Lipinski definition) is 0. The first-order chi connectivity index (χ1) is 8.29. The van der Waals surface area contributed by atoms with Gasteiger partial charge in [-0.25, -0.2) is 4.39 Å². The van der Waals surface area contributed by atoms with Crippen LogP contribution in [0.15, 0.2) is 53.5 Å². The fourth-order valence-corrected chi connectivity index (χ4v) is 1.38. The fourth-order valence-electron chi connectivity index (χ4n) is 1.38. The van der Waals surface area contributed by atoms with E-state index in [1.807, 2.05) is 12.1 Å². The molecule has 0 N–H and O–H groups in total. The van der Waals surface area contributed by atoms with Crippen LogP contribution in [-0.2, 0) is 0 Å². The zero-order valence-corrected chi connectivity index (χ0v) is 8.97. The van der Waals surface area contributed by atoms with Gasteiger partial charge in [-0.15, -0.1) is 0 Å². The van der Waals surface area contributed by atoms with Crippen molar-refractivity contribution in [2.75, 3.05) is 0 Å². The molecular weight excluding hydrogens is 215 g/mol. The predicted octanol–water partition coefficient (Wildman–Crippen LogP) is 3.45. The van der Waals surface area contributed by atoms with Gasteiger partial charge in [0, 0.05) is 11.8 Å². The van der Waals surface area contributed by atoms with Gasteiger partial charge in [0.2, 0.25) is 0 Å². The van der Waals surface area contributed by atoms with Gasteiger partial charge in [0.25, 0.3) is 0 Å². The Bertz CT molecular complexity index is 580. The second-order valence-electron chi connectivity index (χ2n) is 3.43. The van der Waals surface area contributed by atoms with E-state index in [2.05, 4.69) is 11.1 Å². The molecule has 0 unspecified atom stereocenters. The molecule has 0 aliphatic heterocycles. The summed E-state index contributed by atoms with van der Waals surface area (Å²) in [4.78, 5) is 4.18. The molecule has 2 rings (SSSR count). The molecule has 0 saturated heterocycles. The molecule has 2 aromatic rings. The molecule has 82 valence electrons. The first-order valence-corrected chi connectivity index (χ1v) is 5.08. The van der Waals surface area contributed by atoms with Gasteiger partial charge in [0.1, 0.15) is 5.82 Å². The van der Waals surface area contributed by atoms with Crippen LogP contribution in [0, 0.1) is 17.1 Å². The number of nitriles is 1. The van der Waals surface area contributed by atoms with Gasteiger partial charge >= 0.3 is 0 Å². The summed E-state index contributed by atoms with van der Waals surface area (Å²) < 4.78 is 12.7. The molecule has 2 aromatic carbocycles. The number of aliphatic imine (C=N–C) groups is 1. The lowest BCUT2D eigenvalue weighted by atomic mass is 10.1. The smallest absolute Gasteiger partial charge is 0.123 e. The van der Waals surface area contributed by atoms with Gasteiger partial charge < -0.3 is 0 Å². The molecule has 0 heterocycles. The number of hydrogen-bond acceptors (Lipinski definition) is 2. The van der Waals surface area contributed by atoms with Crippen LogP contribution in [0.5, 0.6) is 0 Å². The summed E-state index contributed by atoms with van der Waals surface area (Å²) in [6, 6.07) is 15.1. The average molecular weight is 224 g/mol. The van der Waals surface area contributed by atoms with Crippen molar-refractivity contribution in [3.8, 4) is 6.07 Å². The molecule has 0 amide bonds. The van der Waals surface area contributed by atoms with Crippen molar-refractivity contribution in [2.24, 2.45) is 4.99 Å². The Hall–Kier alpha value is -2.47.